The Morgan fingerprint density at radius 1 is 0.876 bits per heavy atom. The van der Waals surface area contributed by atoms with Gasteiger partial charge in [-0.25, -0.2) is 19.6 Å². The van der Waals surface area contributed by atoms with Crippen molar-refractivity contribution in [2.24, 2.45) is 29.6 Å². The van der Waals surface area contributed by atoms with Gasteiger partial charge < -0.3 is 64.2 Å². The lowest BCUT2D eigenvalue weighted by molar-refractivity contribution is -0.302. The second kappa shape index (κ2) is 36.6. The Morgan fingerprint density at radius 3 is 2.32 bits per heavy atom. The predicted octanol–water partition coefficient (Wildman–Crippen LogP) is 8.64. The molecule has 0 aromatic carbocycles. The minimum Gasteiger partial charge on any atom is -0.456 e. The lowest BCUT2D eigenvalue weighted by Gasteiger charge is -2.47. The van der Waals surface area contributed by atoms with Crippen molar-refractivity contribution in [1.29, 1.82) is 0 Å². The van der Waals surface area contributed by atoms with Crippen LogP contribution in [0.5, 0.6) is 0 Å². The summed E-state index contributed by atoms with van der Waals surface area (Å²) in [5.74, 6) is -6.84. The number of esters is 1. The van der Waals surface area contributed by atoms with Gasteiger partial charge >= 0.3 is 12.1 Å². The summed E-state index contributed by atoms with van der Waals surface area (Å²) in [7, 11) is 7.69. The number of pyridine rings is 2. The Labute approximate surface area is 580 Å². The maximum absolute atomic E-state index is 14.7. The third-order valence-corrected chi connectivity index (χ3v) is 22.6. The van der Waals surface area contributed by atoms with Crippen molar-refractivity contribution in [3.63, 3.8) is 0 Å². The monoisotopic (exact) mass is 1390 g/mol. The number of aliphatic hydroxyl groups excluding tert-OH is 2. The second-order valence-electron chi connectivity index (χ2n) is 27.6. The van der Waals surface area contributed by atoms with E-state index < -0.39 is 96.1 Å². The Morgan fingerprint density at radius 2 is 1.60 bits per heavy atom. The van der Waals surface area contributed by atoms with Gasteiger partial charge in [-0.05, 0) is 159 Å². The summed E-state index contributed by atoms with van der Waals surface area (Å²) in [5.41, 5.74) is 10.6. The minimum absolute atomic E-state index is 0.0383. The summed E-state index contributed by atoms with van der Waals surface area (Å²) in [6, 6.07) is 4.31. The summed E-state index contributed by atoms with van der Waals surface area (Å²) in [5, 5.41) is 35.1. The van der Waals surface area contributed by atoms with Crippen LogP contribution in [0.15, 0.2) is 59.8 Å². The van der Waals surface area contributed by atoms with Crippen molar-refractivity contribution < 1.29 is 77.3 Å². The number of ether oxygens (including phenoxy) is 6. The zero-order valence-corrected chi connectivity index (χ0v) is 59.9. The maximum Gasteiger partial charge on any atom is 0.415 e. The number of Topliss-reactive ketones (excluding diaryl/α,β-unsaturated/α-hetero) is 2. The average Bonchev–Trinajstić information content (AvgIpc) is 1.79. The van der Waals surface area contributed by atoms with Crippen molar-refractivity contribution in [3.8, 4) is 0 Å². The van der Waals surface area contributed by atoms with Gasteiger partial charge in [0.05, 0.1) is 49.2 Å². The highest BCUT2D eigenvalue weighted by Crippen LogP contribution is 2.40. The van der Waals surface area contributed by atoms with Gasteiger partial charge in [-0.15, -0.1) is 0 Å². The number of ketones is 3. The van der Waals surface area contributed by atoms with Gasteiger partial charge in [-0.3, -0.25) is 28.9 Å². The van der Waals surface area contributed by atoms with Crippen molar-refractivity contribution >= 4 is 80.1 Å². The van der Waals surface area contributed by atoms with E-state index in [1.54, 1.807) is 77.6 Å². The molecule has 1 saturated carbocycles. The summed E-state index contributed by atoms with van der Waals surface area (Å²) < 4.78 is 36.1. The van der Waals surface area contributed by atoms with Crippen molar-refractivity contribution in [1.82, 2.24) is 19.8 Å². The highest BCUT2D eigenvalue weighted by molar-refractivity contribution is 8.76. The number of likely N-dealkylation sites (tertiary alicyclic amines) is 1. The number of aryl methyl sites for hydroxylation is 1. The zero-order chi connectivity index (χ0) is 70.1. The molecule has 25 heteroatoms. The molecule has 5 N–H and O–H groups in total. The smallest absolute Gasteiger partial charge is 0.415 e. The largest absolute Gasteiger partial charge is 0.456 e. The van der Waals surface area contributed by atoms with E-state index in [0.29, 0.717) is 99.7 Å². The number of methoxy groups -OCH3 is 3. The van der Waals surface area contributed by atoms with Crippen LogP contribution < -0.4 is 15.5 Å². The molecular weight excluding hydrogens is 1280 g/mol. The van der Waals surface area contributed by atoms with Crippen molar-refractivity contribution in [2.75, 3.05) is 87.7 Å². The molecule has 23 nitrogen and oxygen atoms in total. The summed E-state index contributed by atoms with van der Waals surface area (Å²) in [6.45, 7) is 14.4. The number of rotatable bonds is 22. The Balaban J connectivity index is 0.901. The minimum atomic E-state index is -2.58. The molecule has 3 saturated heterocycles. The number of carbonyl (C=O) groups is 7. The molecule has 14 atom stereocenters. The standard InChI is InChI=1S/C72H105N7O16S2/c1-44-33-45(2)35-61(91-8)66-62(92-9)37-47(4)72(89,95-66)67(85)69(86)77-27-14-11-20-55(77)70(87)94-65(46(3)36-50-21-23-57(81)60(39-50)90-7)49(6)58(82)41-59(83)52(34-44)17-15-18-53(80)19-16-31-96-97-32-30-93-71(88)78(29-28-76-25-12-10-13-26-76)63-24-22-51(42-74-63)43-79-56-38-48(5)75-68(73)54(56)40-64(79)84/h15,18,22,24,34,36,38,42,45,47,49-50,52,55,57-58,60-62,65-66,81-82,89H,10-14,16-17,19-21,23,25-33,35,37,39-41,43H2,1-9H3,(H2,73,75)/b18-15+,44-34-,46-36+/t45-,47-,49-,50+,52+,55?,57-,58+,60-,61-,62+,65-,66+,72-/m1/s1. The molecule has 1 aliphatic carbocycles. The van der Waals surface area contributed by atoms with Crippen LogP contribution in [-0.4, -0.2) is 203 Å². The number of piperidine rings is 2. The van der Waals surface area contributed by atoms with Gasteiger partial charge in [0.25, 0.3) is 11.7 Å². The predicted molar refractivity (Wildman–Crippen MR) is 372 cm³/mol. The fraction of sp³-hybridized carbons (Fsp3) is 0.681. The average molecular weight is 1390 g/mol. The van der Waals surface area contributed by atoms with Crippen LogP contribution in [0.25, 0.3) is 0 Å². The molecule has 3 amide bonds. The number of anilines is 3. The van der Waals surface area contributed by atoms with Crippen LogP contribution in [0.2, 0.25) is 0 Å². The van der Waals surface area contributed by atoms with Crippen LogP contribution in [-0.2, 0) is 70.2 Å². The number of nitrogen functional groups attached to an aromatic ring is 1. The van der Waals surface area contributed by atoms with Crippen LogP contribution in [0.4, 0.5) is 22.1 Å². The lowest BCUT2D eigenvalue weighted by atomic mass is 9.81. The fourth-order valence-electron chi connectivity index (χ4n) is 14.6. The summed E-state index contributed by atoms with van der Waals surface area (Å²) >= 11 is 0. The SMILES string of the molecule is CO[C@H]1C[C@@H](C)[C@@]2(O)O[C@H]1[C@H](OC)C[C@H](C)C/C(C)=C\[C@H](C/C=C/C(=O)CCCSSCCOC(=O)N(CCN1CCCCC1)c1ccc(CN3C(=O)Cc4c3cc(C)nc4N)cn1)C(=O)C[C@H](O)[C@@H](C)[C@@H](/C(C)=C/[C@@H]1CC[C@@H](O)[C@H](OC)C1)OC(=O)C1CCCCN1C(=O)C2=O. The number of cyclic esters (lactones) is 1. The summed E-state index contributed by atoms with van der Waals surface area (Å²) in [6.07, 6.45) is 10.6. The van der Waals surface area contributed by atoms with Crippen molar-refractivity contribution in [3.05, 3.63) is 76.7 Å². The highest BCUT2D eigenvalue weighted by Gasteiger charge is 2.57. The van der Waals surface area contributed by atoms with E-state index in [2.05, 4.69) is 14.9 Å². The molecule has 5 aliphatic heterocycles. The number of fused-ring (bicyclic) bond motifs is 4. The topological polar surface area (TPSA) is 300 Å². The maximum atomic E-state index is 14.7. The highest BCUT2D eigenvalue weighted by atomic mass is 33.1. The number of aliphatic hydroxyl groups is 3. The molecular formula is C72H105N7O16S2. The fourth-order valence-corrected chi connectivity index (χ4v) is 16.5. The Hall–Kier alpha value is -5.61. The first-order valence-electron chi connectivity index (χ1n) is 34.8. The zero-order valence-electron chi connectivity index (χ0n) is 58.2. The lowest BCUT2D eigenvalue weighted by Crippen LogP contribution is -2.64. The van der Waals surface area contributed by atoms with E-state index >= 15 is 0 Å². The van der Waals surface area contributed by atoms with E-state index in [-0.39, 0.29) is 81.0 Å². The van der Waals surface area contributed by atoms with Crippen molar-refractivity contribution in [2.45, 2.75) is 212 Å². The van der Waals surface area contributed by atoms with Crippen LogP contribution in [0, 0.1) is 36.5 Å². The molecule has 4 fully saturated rings. The van der Waals surface area contributed by atoms with Gasteiger partial charge in [-0.2, -0.15) is 0 Å². The summed E-state index contributed by atoms with van der Waals surface area (Å²) in [4.78, 5) is 114. The number of carbonyl (C=O) groups excluding carboxylic acids is 7. The third kappa shape index (κ3) is 20.5. The number of allylic oxidation sites excluding steroid dienone is 5. The molecule has 8 rings (SSSR count). The van der Waals surface area contributed by atoms with Crippen LogP contribution in [0.3, 0.4) is 0 Å². The molecule has 1 unspecified atom stereocenters. The van der Waals surface area contributed by atoms with Crippen LogP contribution in [0.1, 0.15) is 154 Å². The van der Waals surface area contributed by atoms with Gasteiger partial charge in [0.2, 0.25) is 11.7 Å². The molecule has 2 aromatic heterocycles. The Bertz CT molecular complexity index is 3130. The first-order valence-corrected chi connectivity index (χ1v) is 37.3. The third-order valence-electron chi connectivity index (χ3n) is 20.2. The number of amides is 3. The van der Waals surface area contributed by atoms with Gasteiger partial charge in [0.15, 0.2) is 5.78 Å². The Kier molecular flexibility index (Phi) is 29.1. The second-order valence-corrected chi connectivity index (χ2v) is 30.3. The quantitative estimate of drug-likeness (QED) is 0.0214. The van der Waals surface area contributed by atoms with E-state index in [1.807, 2.05) is 45.1 Å². The van der Waals surface area contributed by atoms with E-state index in [0.717, 1.165) is 58.9 Å². The van der Waals surface area contributed by atoms with E-state index in [1.165, 1.54) is 26.7 Å². The molecule has 6 aliphatic rings. The number of hydrogen-bond donors (Lipinski definition) is 4. The van der Waals surface area contributed by atoms with Gasteiger partial charge in [0.1, 0.15) is 42.3 Å². The van der Waals surface area contributed by atoms with E-state index in [4.69, 9.17) is 34.2 Å². The normalized spacial score (nSPS) is 30.7. The number of nitrogens with zero attached hydrogens (tertiary/aromatic N) is 6. The molecule has 7 heterocycles. The number of nitrogens with two attached hydrogens (primary N) is 1. The number of aromatic nitrogens is 2. The van der Waals surface area contributed by atoms with Crippen LogP contribution >= 0.6 is 21.6 Å². The number of hydrogen-bond acceptors (Lipinski definition) is 22. The first kappa shape index (κ1) is 77.1. The van der Waals surface area contributed by atoms with Gasteiger partial charge in [0, 0.05) is 101 Å². The first-order chi connectivity index (χ1) is 46.4. The molecule has 0 spiro atoms. The molecule has 2 bridgehead atoms. The molecule has 0 radical (unpaired) electrons. The van der Waals surface area contributed by atoms with E-state index in [9.17, 15) is 48.9 Å². The molecule has 2 aromatic rings. The molecule has 536 valence electrons. The van der Waals surface area contributed by atoms with Gasteiger partial charge in [-0.1, -0.05) is 78.6 Å². The molecule has 97 heavy (non-hydrogen) atoms.